The Morgan fingerprint density at radius 1 is 1.61 bits per heavy atom. The van der Waals surface area contributed by atoms with E-state index >= 15 is 0 Å². The molecule has 0 spiro atoms. The second-order valence-corrected chi connectivity index (χ2v) is 4.39. The highest BCUT2D eigenvalue weighted by atomic mass is 16.5. The molecule has 1 heterocycles. The first-order valence-electron chi connectivity index (χ1n) is 6.03. The third-order valence-electron chi connectivity index (χ3n) is 3.01. The zero-order valence-electron chi connectivity index (χ0n) is 10.6. The molecule has 0 radical (unpaired) electrons. The molecule has 2 rings (SSSR count). The number of aromatic nitrogens is 2. The van der Waals surface area contributed by atoms with Crippen LogP contribution in [0, 0.1) is 18.3 Å². The lowest BCUT2D eigenvalue weighted by Crippen LogP contribution is -2.60. The minimum Gasteiger partial charge on any atom is -0.376 e. The van der Waals surface area contributed by atoms with Crippen LogP contribution in [0.5, 0.6) is 0 Å². The molecule has 0 saturated heterocycles. The van der Waals surface area contributed by atoms with E-state index in [1.807, 2.05) is 19.9 Å². The number of ether oxygens (including phenoxy) is 1. The maximum atomic E-state index is 8.86. The molecule has 1 aliphatic carbocycles. The number of anilines is 1. The van der Waals surface area contributed by atoms with Crippen molar-refractivity contribution in [3.05, 3.63) is 17.5 Å². The van der Waals surface area contributed by atoms with Gasteiger partial charge in [-0.15, -0.1) is 0 Å². The molecule has 3 atom stereocenters. The van der Waals surface area contributed by atoms with E-state index < -0.39 is 0 Å². The summed E-state index contributed by atoms with van der Waals surface area (Å²) in [4.78, 5) is 8.36. The SMILES string of the molecule is CCOC1CC(N)C1Nc1nc(C)cc(C#N)n1. The number of nitrogens with zero attached hydrogens (tertiary/aromatic N) is 3. The molecule has 1 fully saturated rings. The standard InChI is InChI=1S/C12H17N5O/c1-3-18-10-5-9(14)11(10)17-12-15-7(2)4-8(6-13)16-12/h4,9-11H,3,5,14H2,1-2H3,(H,15,16,17). The van der Waals surface area contributed by atoms with Crippen LogP contribution in [0.4, 0.5) is 5.95 Å². The van der Waals surface area contributed by atoms with Crippen LogP contribution >= 0.6 is 0 Å². The monoisotopic (exact) mass is 247 g/mol. The number of hydrogen-bond acceptors (Lipinski definition) is 6. The minimum absolute atomic E-state index is 0.0123. The summed E-state index contributed by atoms with van der Waals surface area (Å²) in [6.45, 7) is 4.44. The minimum atomic E-state index is 0.0123. The van der Waals surface area contributed by atoms with Crippen LogP contribution < -0.4 is 11.1 Å². The Labute approximate surface area is 106 Å². The van der Waals surface area contributed by atoms with Gasteiger partial charge in [0.05, 0.1) is 12.1 Å². The van der Waals surface area contributed by atoms with Crippen LogP contribution in [0.25, 0.3) is 0 Å². The lowest BCUT2D eigenvalue weighted by molar-refractivity contribution is -0.0128. The van der Waals surface area contributed by atoms with Crippen molar-refractivity contribution in [2.24, 2.45) is 5.73 Å². The summed E-state index contributed by atoms with van der Waals surface area (Å²) in [5.74, 6) is 0.441. The van der Waals surface area contributed by atoms with Gasteiger partial charge in [-0.25, -0.2) is 9.97 Å². The van der Waals surface area contributed by atoms with Gasteiger partial charge in [-0.05, 0) is 26.3 Å². The molecule has 0 aromatic carbocycles. The maximum absolute atomic E-state index is 8.86. The Hall–Kier alpha value is -1.71. The molecule has 1 saturated carbocycles. The molecule has 0 bridgehead atoms. The van der Waals surface area contributed by atoms with Crippen molar-refractivity contribution < 1.29 is 4.74 Å². The smallest absolute Gasteiger partial charge is 0.224 e. The van der Waals surface area contributed by atoms with Crippen molar-refractivity contribution >= 4 is 5.95 Å². The maximum Gasteiger partial charge on any atom is 0.224 e. The first-order valence-corrected chi connectivity index (χ1v) is 6.03. The summed E-state index contributed by atoms with van der Waals surface area (Å²) in [7, 11) is 0. The highest BCUT2D eigenvalue weighted by Crippen LogP contribution is 2.25. The topological polar surface area (TPSA) is 96.9 Å². The summed E-state index contributed by atoms with van der Waals surface area (Å²) in [5.41, 5.74) is 7.04. The summed E-state index contributed by atoms with van der Waals surface area (Å²) in [6, 6.07) is 3.71. The van der Waals surface area contributed by atoms with Gasteiger partial charge in [0.2, 0.25) is 5.95 Å². The lowest BCUT2D eigenvalue weighted by atomic mass is 9.83. The summed E-state index contributed by atoms with van der Waals surface area (Å²) < 4.78 is 5.56. The van der Waals surface area contributed by atoms with Gasteiger partial charge in [0.25, 0.3) is 0 Å². The molecule has 0 aliphatic heterocycles. The highest BCUT2D eigenvalue weighted by molar-refractivity contribution is 5.35. The molecule has 1 aromatic heterocycles. The molecule has 6 nitrogen and oxygen atoms in total. The Morgan fingerprint density at radius 2 is 2.39 bits per heavy atom. The quantitative estimate of drug-likeness (QED) is 0.807. The predicted octanol–water partition coefficient (Wildman–Crippen LogP) is 0.573. The average molecular weight is 247 g/mol. The van der Waals surface area contributed by atoms with Gasteiger partial charge in [-0.1, -0.05) is 0 Å². The molecule has 3 N–H and O–H groups in total. The Morgan fingerprint density at radius 3 is 3.00 bits per heavy atom. The van der Waals surface area contributed by atoms with Gasteiger partial charge in [0.15, 0.2) is 0 Å². The summed E-state index contributed by atoms with van der Waals surface area (Å²) >= 11 is 0. The van der Waals surface area contributed by atoms with E-state index in [1.165, 1.54) is 0 Å². The number of nitriles is 1. The van der Waals surface area contributed by atoms with E-state index in [4.69, 9.17) is 15.7 Å². The normalized spacial score (nSPS) is 26.2. The van der Waals surface area contributed by atoms with Gasteiger partial charge in [-0.3, -0.25) is 0 Å². The zero-order chi connectivity index (χ0) is 13.1. The van der Waals surface area contributed by atoms with Crippen LogP contribution in [-0.2, 0) is 4.74 Å². The van der Waals surface area contributed by atoms with Gasteiger partial charge >= 0.3 is 0 Å². The molecule has 18 heavy (non-hydrogen) atoms. The molecule has 96 valence electrons. The van der Waals surface area contributed by atoms with Crippen molar-refractivity contribution in [2.45, 2.75) is 38.5 Å². The predicted molar refractivity (Wildman–Crippen MR) is 66.9 cm³/mol. The van der Waals surface area contributed by atoms with Crippen LogP contribution in [0.3, 0.4) is 0 Å². The van der Waals surface area contributed by atoms with Crippen molar-refractivity contribution in [3.8, 4) is 6.07 Å². The van der Waals surface area contributed by atoms with Crippen LogP contribution in [0.1, 0.15) is 24.7 Å². The first-order chi connectivity index (χ1) is 8.63. The Balaban J connectivity index is 2.09. The number of nitrogens with two attached hydrogens (primary N) is 1. The van der Waals surface area contributed by atoms with E-state index in [-0.39, 0.29) is 18.2 Å². The van der Waals surface area contributed by atoms with Gasteiger partial charge in [0, 0.05) is 18.3 Å². The van der Waals surface area contributed by atoms with Crippen molar-refractivity contribution in [2.75, 3.05) is 11.9 Å². The van der Waals surface area contributed by atoms with Gasteiger partial charge in [0.1, 0.15) is 11.8 Å². The number of hydrogen-bond donors (Lipinski definition) is 2. The third-order valence-corrected chi connectivity index (χ3v) is 3.01. The van der Waals surface area contributed by atoms with Gasteiger partial charge in [-0.2, -0.15) is 5.26 Å². The number of rotatable bonds is 4. The van der Waals surface area contributed by atoms with Crippen LogP contribution in [0.2, 0.25) is 0 Å². The summed E-state index contributed by atoms with van der Waals surface area (Å²) in [5, 5.41) is 12.0. The molecule has 1 aromatic rings. The molecule has 0 amide bonds. The third kappa shape index (κ3) is 2.58. The number of nitrogens with one attached hydrogen (secondary N) is 1. The van der Waals surface area contributed by atoms with Crippen molar-refractivity contribution in [1.29, 1.82) is 5.26 Å². The molecule has 1 aliphatic rings. The fourth-order valence-corrected chi connectivity index (χ4v) is 2.07. The van der Waals surface area contributed by atoms with E-state index in [9.17, 15) is 0 Å². The summed E-state index contributed by atoms with van der Waals surface area (Å²) in [6.07, 6.45) is 0.933. The zero-order valence-corrected chi connectivity index (χ0v) is 10.6. The molecule has 6 heteroatoms. The fraction of sp³-hybridized carbons (Fsp3) is 0.583. The van der Waals surface area contributed by atoms with Gasteiger partial charge < -0.3 is 15.8 Å². The van der Waals surface area contributed by atoms with E-state index in [0.29, 0.717) is 18.2 Å². The molecular weight excluding hydrogens is 230 g/mol. The van der Waals surface area contributed by atoms with Crippen molar-refractivity contribution in [1.82, 2.24) is 9.97 Å². The van der Waals surface area contributed by atoms with Crippen molar-refractivity contribution in [3.63, 3.8) is 0 Å². The lowest BCUT2D eigenvalue weighted by Gasteiger charge is -2.42. The van der Waals surface area contributed by atoms with E-state index in [2.05, 4.69) is 15.3 Å². The second-order valence-electron chi connectivity index (χ2n) is 4.39. The molecular formula is C12H17N5O. The average Bonchev–Trinajstić information content (AvgIpc) is 2.35. The second kappa shape index (κ2) is 5.29. The Bertz CT molecular complexity index is 468. The fourth-order valence-electron chi connectivity index (χ4n) is 2.07. The van der Waals surface area contributed by atoms with Crippen LogP contribution in [0.15, 0.2) is 6.07 Å². The molecule has 3 unspecified atom stereocenters. The van der Waals surface area contributed by atoms with E-state index in [0.717, 1.165) is 12.1 Å². The highest BCUT2D eigenvalue weighted by Gasteiger charge is 2.39. The first kappa shape index (κ1) is 12.7. The largest absolute Gasteiger partial charge is 0.376 e. The van der Waals surface area contributed by atoms with E-state index in [1.54, 1.807) is 6.07 Å². The number of aryl methyl sites for hydroxylation is 1. The van der Waals surface area contributed by atoms with Crippen LogP contribution in [-0.4, -0.2) is 34.8 Å². The Kier molecular flexibility index (Phi) is 3.75.